The molecule has 0 aromatic heterocycles. The first-order chi connectivity index (χ1) is 10.6. The highest BCUT2D eigenvalue weighted by atomic mass is 16.5. The molecule has 2 aromatic carbocycles. The van der Waals surface area contributed by atoms with Gasteiger partial charge in [0.05, 0.1) is 12.7 Å². The summed E-state index contributed by atoms with van der Waals surface area (Å²) in [5.41, 5.74) is 1.16. The number of ether oxygens (including phenoxy) is 2. The van der Waals surface area contributed by atoms with Crippen molar-refractivity contribution in [2.24, 2.45) is 0 Å². The average molecular weight is 298 g/mol. The maximum Gasteiger partial charge on any atom is 0.196 e. The second-order valence-corrected chi connectivity index (χ2v) is 4.87. The normalized spacial score (nSPS) is 12.9. The molecule has 0 spiro atoms. The lowest BCUT2D eigenvalue weighted by atomic mass is 9.98. The van der Waals surface area contributed by atoms with Gasteiger partial charge < -0.3 is 19.7 Å². The van der Waals surface area contributed by atoms with Gasteiger partial charge in [-0.3, -0.25) is 4.79 Å². The minimum Gasteiger partial charge on any atom is -0.508 e. The van der Waals surface area contributed by atoms with Crippen LogP contribution in [0, 0.1) is 0 Å². The van der Waals surface area contributed by atoms with Crippen LogP contribution in [-0.4, -0.2) is 29.7 Å². The van der Waals surface area contributed by atoms with E-state index >= 15 is 0 Å². The van der Waals surface area contributed by atoms with Gasteiger partial charge in [-0.1, -0.05) is 12.1 Å². The summed E-state index contributed by atoms with van der Waals surface area (Å²) in [6.07, 6.45) is 1.70. The third-order valence-electron chi connectivity index (χ3n) is 3.45. The SMILES string of the molecule is COc1cccc2c1OCC(C(=O)c1cc(O)ccc1O)=C2. The first kappa shape index (κ1) is 14.0. The lowest BCUT2D eigenvalue weighted by Crippen LogP contribution is -2.15. The van der Waals surface area contributed by atoms with Gasteiger partial charge in [0.2, 0.25) is 0 Å². The van der Waals surface area contributed by atoms with Crippen molar-refractivity contribution in [2.75, 3.05) is 13.7 Å². The summed E-state index contributed by atoms with van der Waals surface area (Å²) in [7, 11) is 1.55. The van der Waals surface area contributed by atoms with Crippen molar-refractivity contribution in [3.8, 4) is 23.0 Å². The summed E-state index contributed by atoms with van der Waals surface area (Å²) in [6.45, 7) is 0.0707. The van der Waals surface area contributed by atoms with Gasteiger partial charge >= 0.3 is 0 Å². The molecule has 0 bridgehead atoms. The second kappa shape index (κ2) is 5.44. The van der Waals surface area contributed by atoms with Crippen LogP contribution in [0.3, 0.4) is 0 Å². The van der Waals surface area contributed by atoms with E-state index < -0.39 is 0 Å². The van der Waals surface area contributed by atoms with Crippen LogP contribution < -0.4 is 9.47 Å². The summed E-state index contributed by atoms with van der Waals surface area (Å²) >= 11 is 0. The minimum atomic E-state index is -0.387. The van der Waals surface area contributed by atoms with Gasteiger partial charge in [0, 0.05) is 11.1 Å². The minimum absolute atomic E-state index is 0.0428. The number of benzene rings is 2. The van der Waals surface area contributed by atoms with E-state index in [9.17, 15) is 15.0 Å². The van der Waals surface area contributed by atoms with Crippen molar-refractivity contribution in [1.29, 1.82) is 0 Å². The standard InChI is InChI=1S/C17H14O5/c1-21-15-4-2-3-10-7-11(9-22-17(10)15)16(20)13-8-12(18)5-6-14(13)19/h2-8,18-19H,9H2,1H3. The number of fused-ring (bicyclic) bond motifs is 1. The maximum absolute atomic E-state index is 12.5. The van der Waals surface area contributed by atoms with Gasteiger partial charge in [0.1, 0.15) is 18.1 Å². The Morgan fingerprint density at radius 1 is 1.23 bits per heavy atom. The molecule has 0 saturated carbocycles. The molecule has 3 rings (SSSR count). The van der Waals surface area contributed by atoms with Crippen LogP contribution in [0.5, 0.6) is 23.0 Å². The molecule has 0 aliphatic carbocycles. The number of methoxy groups -OCH3 is 1. The summed E-state index contributed by atoms with van der Waals surface area (Å²) in [5.74, 6) is 0.532. The maximum atomic E-state index is 12.5. The molecule has 0 amide bonds. The Kier molecular flexibility index (Phi) is 3.47. The zero-order valence-corrected chi connectivity index (χ0v) is 11.9. The van der Waals surface area contributed by atoms with Crippen LogP contribution in [0.15, 0.2) is 42.0 Å². The number of hydrogen-bond donors (Lipinski definition) is 2. The molecule has 22 heavy (non-hydrogen) atoms. The molecule has 0 atom stereocenters. The van der Waals surface area contributed by atoms with Gasteiger partial charge in [0.15, 0.2) is 17.3 Å². The fourth-order valence-corrected chi connectivity index (χ4v) is 2.35. The lowest BCUT2D eigenvalue weighted by Gasteiger charge is -2.19. The molecule has 5 nitrogen and oxygen atoms in total. The first-order valence-corrected chi connectivity index (χ1v) is 6.67. The van der Waals surface area contributed by atoms with Crippen LogP contribution in [-0.2, 0) is 0 Å². The molecule has 1 heterocycles. The van der Waals surface area contributed by atoms with E-state index in [1.54, 1.807) is 25.3 Å². The van der Waals surface area contributed by atoms with E-state index in [-0.39, 0.29) is 29.5 Å². The number of carbonyl (C=O) groups is 1. The monoisotopic (exact) mass is 298 g/mol. The van der Waals surface area contributed by atoms with E-state index in [2.05, 4.69) is 0 Å². The lowest BCUT2D eigenvalue weighted by molar-refractivity contribution is 0.102. The number of Topliss-reactive ketones (excluding diaryl/α,β-unsaturated/α-hetero) is 1. The van der Waals surface area contributed by atoms with Crippen LogP contribution in [0.25, 0.3) is 6.08 Å². The van der Waals surface area contributed by atoms with Crippen molar-refractivity contribution in [3.63, 3.8) is 0 Å². The number of phenolic OH excluding ortho intramolecular Hbond substituents is 2. The van der Waals surface area contributed by atoms with Crippen molar-refractivity contribution in [3.05, 3.63) is 53.1 Å². The van der Waals surface area contributed by atoms with E-state index in [1.165, 1.54) is 18.2 Å². The Labute approximate surface area is 127 Å². The van der Waals surface area contributed by atoms with Gasteiger partial charge in [-0.05, 0) is 30.3 Å². The zero-order chi connectivity index (χ0) is 15.7. The Balaban J connectivity index is 2.01. The fourth-order valence-electron chi connectivity index (χ4n) is 2.35. The summed E-state index contributed by atoms with van der Waals surface area (Å²) in [4.78, 5) is 12.5. The summed E-state index contributed by atoms with van der Waals surface area (Å²) in [5, 5.41) is 19.3. The third-order valence-corrected chi connectivity index (χ3v) is 3.45. The van der Waals surface area contributed by atoms with E-state index in [0.29, 0.717) is 17.1 Å². The second-order valence-electron chi connectivity index (χ2n) is 4.87. The number of aromatic hydroxyl groups is 2. The number of phenols is 2. The molecule has 0 unspecified atom stereocenters. The van der Waals surface area contributed by atoms with Gasteiger partial charge in [-0.15, -0.1) is 0 Å². The van der Waals surface area contributed by atoms with Gasteiger partial charge in [-0.25, -0.2) is 0 Å². The third kappa shape index (κ3) is 2.37. The molecule has 2 N–H and O–H groups in total. The van der Waals surface area contributed by atoms with Crippen LogP contribution >= 0.6 is 0 Å². The smallest absolute Gasteiger partial charge is 0.196 e. The largest absolute Gasteiger partial charge is 0.508 e. The first-order valence-electron chi connectivity index (χ1n) is 6.67. The van der Waals surface area contributed by atoms with Crippen molar-refractivity contribution in [1.82, 2.24) is 0 Å². The van der Waals surface area contributed by atoms with Crippen molar-refractivity contribution < 1.29 is 24.5 Å². The van der Waals surface area contributed by atoms with Crippen LogP contribution in [0.1, 0.15) is 15.9 Å². The molecule has 1 aliphatic heterocycles. The van der Waals surface area contributed by atoms with E-state index in [1.807, 2.05) is 6.07 Å². The summed E-state index contributed by atoms with van der Waals surface area (Å²) < 4.78 is 10.8. The van der Waals surface area contributed by atoms with Crippen LogP contribution in [0.4, 0.5) is 0 Å². The molecule has 1 aliphatic rings. The van der Waals surface area contributed by atoms with E-state index in [4.69, 9.17) is 9.47 Å². The highest BCUT2D eigenvalue weighted by Gasteiger charge is 2.23. The number of rotatable bonds is 3. The zero-order valence-electron chi connectivity index (χ0n) is 11.9. The number of carbonyl (C=O) groups excluding carboxylic acids is 1. The predicted octanol–water partition coefficient (Wildman–Crippen LogP) is 2.77. The highest BCUT2D eigenvalue weighted by molar-refractivity contribution is 6.13. The molecule has 2 aromatic rings. The van der Waals surface area contributed by atoms with Crippen LogP contribution in [0.2, 0.25) is 0 Å². The number of ketones is 1. The highest BCUT2D eigenvalue weighted by Crippen LogP contribution is 2.36. The number of hydrogen-bond acceptors (Lipinski definition) is 5. The molecule has 0 fully saturated rings. The van der Waals surface area contributed by atoms with Gasteiger partial charge in [0.25, 0.3) is 0 Å². The topological polar surface area (TPSA) is 76.0 Å². The molecule has 5 heteroatoms. The fraction of sp³-hybridized carbons (Fsp3) is 0.118. The Morgan fingerprint density at radius 2 is 2.05 bits per heavy atom. The predicted molar refractivity (Wildman–Crippen MR) is 80.6 cm³/mol. The van der Waals surface area contributed by atoms with Crippen molar-refractivity contribution in [2.45, 2.75) is 0 Å². The molecular formula is C17H14O5. The molecule has 112 valence electrons. The molecule has 0 saturated heterocycles. The van der Waals surface area contributed by atoms with E-state index in [0.717, 1.165) is 5.56 Å². The quantitative estimate of drug-likeness (QED) is 0.673. The Bertz CT molecular complexity index is 777. The Hall–Kier alpha value is -2.95. The molecular weight excluding hydrogens is 284 g/mol. The average Bonchev–Trinajstić information content (AvgIpc) is 2.55. The summed E-state index contributed by atoms with van der Waals surface area (Å²) in [6, 6.07) is 9.23. The van der Waals surface area contributed by atoms with Crippen molar-refractivity contribution >= 4 is 11.9 Å². The Morgan fingerprint density at radius 3 is 2.82 bits per heavy atom. The molecule has 0 radical (unpaired) electrons. The number of para-hydroxylation sites is 1. The van der Waals surface area contributed by atoms with Gasteiger partial charge in [-0.2, -0.15) is 0 Å².